The van der Waals surface area contributed by atoms with Gasteiger partial charge in [-0.15, -0.1) is 16.9 Å². The topological polar surface area (TPSA) is 59.0 Å². The van der Waals surface area contributed by atoms with Crippen LogP contribution in [0.4, 0.5) is 10.6 Å². The number of nitrogens with one attached hydrogen (secondary N) is 2. The van der Waals surface area contributed by atoms with Gasteiger partial charge in [-0.05, 0) is 36.4 Å². The van der Waals surface area contributed by atoms with Crippen molar-refractivity contribution in [1.82, 2.24) is 15.1 Å². The van der Waals surface area contributed by atoms with Crippen LogP contribution in [0.25, 0.3) is 5.69 Å². The molecule has 0 atom stereocenters. The highest BCUT2D eigenvalue weighted by Crippen LogP contribution is 2.17. The van der Waals surface area contributed by atoms with E-state index in [1.165, 1.54) is 4.90 Å². The molecule has 5 nitrogen and oxygen atoms in total. The monoisotopic (exact) mass is 352 g/mol. The summed E-state index contributed by atoms with van der Waals surface area (Å²) < 4.78 is 1.73. The molecule has 2 N–H and O–H groups in total. The standard InChI is InChI=1S/C19H20N4OS/c24-19(20-13-7-15-25-17-10-5-2-6-11-17)21-18-12-14-23(22-18)16-8-3-1-4-9-16/h1-6,8-12,14H,7,13,15H2,(H2,20,21,22,24). The van der Waals surface area contributed by atoms with E-state index >= 15 is 0 Å². The summed E-state index contributed by atoms with van der Waals surface area (Å²) in [4.78, 5) is 13.2. The summed E-state index contributed by atoms with van der Waals surface area (Å²) in [6.45, 7) is 0.630. The fourth-order valence-electron chi connectivity index (χ4n) is 2.26. The minimum Gasteiger partial charge on any atom is -0.338 e. The molecule has 0 fully saturated rings. The van der Waals surface area contributed by atoms with Crippen molar-refractivity contribution in [2.24, 2.45) is 0 Å². The van der Waals surface area contributed by atoms with Crippen molar-refractivity contribution in [3.05, 3.63) is 72.9 Å². The lowest BCUT2D eigenvalue weighted by atomic mass is 10.3. The first-order chi connectivity index (χ1) is 12.3. The Morgan fingerprint density at radius 3 is 2.48 bits per heavy atom. The highest BCUT2D eigenvalue weighted by molar-refractivity contribution is 7.99. The van der Waals surface area contributed by atoms with Gasteiger partial charge in [0, 0.05) is 23.7 Å². The van der Waals surface area contributed by atoms with E-state index < -0.39 is 0 Å². The molecule has 1 aromatic heterocycles. The van der Waals surface area contributed by atoms with Crippen LogP contribution in [0, 0.1) is 0 Å². The summed E-state index contributed by atoms with van der Waals surface area (Å²) >= 11 is 1.79. The molecule has 0 radical (unpaired) electrons. The maximum absolute atomic E-state index is 11.9. The molecule has 0 aliphatic heterocycles. The summed E-state index contributed by atoms with van der Waals surface area (Å²) in [5.41, 5.74) is 0.953. The Bertz CT molecular complexity index is 789. The Morgan fingerprint density at radius 2 is 1.72 bits per heavy atom. The van der Waals surface area contributed by atoms with Gasteiger partial charge < -0.3 is 5.32 Å². The van der Waals surface area contributed by atoms with E-state index in [2.05, 4.69) is 27.9 Å². The second kappa shape index (κ2) is 8.94. The Morgan fingerprint density at radius 1 is 1.00 bits per heavy atom. The van der Waals surface area contributed by atoms with E-state index in [1.807, 2.05) is 54.7 Å². The summed E-state index contributed by atoms with van der Waals surface area (Å²) in [6.07, 6.45) is 2.73. The first-order valence-corrected chi connectivity index (χ1v) is 9.13. The first-order valence-electron chi connectivity index (χ1n) is 8.15. The summed E-state index contributed by atoms with van der Waals surface area (Å²) in [5, 5.41) is 9.95. The molecule has 0 saturated heterocycles. The van der Waals surface area contributed by atoms with Crippen LogP contribution in [0.1, 0.15) is 6.42 Å². The molecular formula is C19H20N4OS. The van der Waals surface area contributed by atoms with Crippen LogP contribution in [0.5, 0.6) is 0 Å². The van der Waals surface area contributed by atoms with Gasteiger partial charge in [-0.25, -0.2) is 9.48 Å². The second-order valence-electron chi connectivity index (χ2n) is 5.38. The van der Waals surface area contributed by atoms with Gasteiger partial charge in [0.25, 0.3) is 0 Å². The molecule has 0 spiro atoms. The van der Waals surface area contributed by atoms with E-state index in [-0.39, 0.29) is 6.03 Å². The molecular weight excluding hydrogens is 332 g/mol. The van der Waals surface area contributed by atoms with Gasteiger partial charge in [-0.2, -0.15) is 0 Å². The summed E-state index contributed by atoms with van der Waals surface area (Å²) in [5.74, 6) is 1.49. The number of hydrogen-bond donors (Lipinski definition) is 2. The number of amides is 2. The Hall–Kier alpha value is -2.73. The van der Waals surface area contributed by atoms with Crippen molar-refractivity contribution in [3.63, 3.8) is 0 Å². The predicted octanol–water partition coefficient (Wildman–Crippen LogP) is 4.18. The number of benzene rings is 2. The number of hydrogen-bond acceptors (Lipinski definition) is 3. The highest BCUT2D eigenvalue weighted by atomic mass is 32.2. The van der Waals surface area contributed by atoms with Gasteiger partial charge in [-0.1, -0.05) is 36.4 Å². The number of thioether (sulfide) groups is 1. The van der Waals surface area contributed by atoms with Crippen LogP contribution < -0.4 is 10.6 Å². The van der Waals surface area contributed by atoms with Crippen LogP contribution in [0.2, 0.25) is 0 Å². The predicted molar refractivity (Wildman–Crippen MR) is 102 cm³/mol. The zero-order valence-corrected chi connectivity index (χ0v) is 14.6. The zero-order valence-electron chi connectivity index (χ0n) is 13.8. The number of nitrogens with zero attached hydrogens (tertiary/aromatic N) is 2. The van der Waals surface area contributed by atoms with E-state index in [1.54, 1.807) is 22.5 Å². The minimum atomic E-state index is -0.233. The number of urea groups is 1. The van der Waals surface area contributed by atoms with Crippen molar-refractivity contribution in [3.8, 4) is 5.69 Å². The Kier molecular flexibility index (Phi) is 6.11. The average molecular weight is 352 g/mol. The smallest absolute Gasteiger partial charge is 0.320 e. The van der Waals surface area contributed by atoms with Crippen molar-refractivity contribution < 1.29 is 4.79 Å². The molecule has 3 rings (SSSR count). The average Bonchev–Trinajstić information content (AvgIpc) is 3.11. The van der Waals surface area contributed by atoms with Crippen LogP contribution in [-0.2, 0) is 0 Å². The van der Waals surface area contributed by atoms with Crippen molar-refractivity contribution in [2.75, 3.05) is 17.6 Å². The van der Waals surface area contributed by atoms with E-state index in [0.29, 0.717) is 12.4 Å². The maximum Gasteiger partial charge on any atom is 0.320 e. The van der Waals surface area contributed by atoms with E-state index in [9.17, 15) is 4.79 Å². The van der Waals surface area contributed by atoms with Crippen LogP contribution in [0.15, 0.2) is 77.8 Å². The number of rotatable bonds is 7. The van der Waals surface area contributed by atoms with Gasteiger partial charge in [-0.3, -0.25) is 5.32 Å². The van der Waals surface area contributed by atoms with Crippen LogP contribution >= 0.6 is 11.8 Å². The SMILES string of the molecule is O=C(NCCCSc1ccccc1)Nc1ccn(-c2ccccc2)n1. The number of aromatic nitrogens is 2. The molecule has 128 valence electrons. The fourth-order valence-corrected chi connectivity index (χ4v) is 3.13. The molecule has 0 saturated carbocycles. The third kappa shape index (κ3) is 5.39. The fraction of sp³-hybridized carbons (Fsp3) is 0.158. The molecule has 2 aromatic carbocycles. The lowest BCUT2D eigenvalue weighted by molar-refractivity contribution is 0.252. The number of anilines is 1. The molecule has 6 heteroatoms. The van der Waals surface area contributed by atoms with Crippen molar-refractivity contribution >= 4 is 23.6 Å². The lowest BCUT2D eigenvalue weighted by Gasteiger charge is -2.06. The molecule has 0 aliphatic carbocycles. The Labute approximate surface area is 151 Å². The molecule has 0 bridgehead atoms. The zero-order chi connectivity index (χ0) is 17.3. The van der Waals surface area contributed by atoms with E-state index in [4.69, 9.17) is 0 Å². The maximum atomic E-state index is 11.9. The highest BCUT2D eigenvalue weighted by Gasteiger charge is 2.05. The summed E-state index contributed by atoms with van der Waals surface area (Å²) in [6, 6.07) is 21.6. The molecule has 25 heavy (non-hydrogen) atoms. The third-order valence-corrected chi connectivity index (χ3v) is 4.57. The van der Waals surface area contributed by atoms with Crippen molar-refractivity contribution in [1.29, 1.82) is 0 Å². The quantitative estimate of drug-likeness (QED) is 0.495. The molecule has 0 unspecified atom stereocenters. The molecule has 3 aromatic rings. The van der Waals surface area contributed by atoms with Gasteiger partial charge in [0.1, 0.15) is 0 Å². The Balaban J connectivity index is 1.37. The molecule has 2 amide bonds. The first kappa shape index (κ1) is 17.1. The third-order valence-electron chi connectivity index (χ3n) is 3.47. The van der Waals surface area contributed by atoms with Gasteiger partial charge in [0.05, 0.1) is 5.69 Å². The number of para-hydroxylation sites is 1. The van der Waals surface area contributed by atoms with Gasteiger partial charge in [0.15, 0.2) is 5.82 Å². The molecule has 1 heterocycles. The van der Waals surface area contributed by atoms with Gasteiger partial charge >= 0.3 is 6.03 Å². The van der Waals surface area contributed by atoms with Gasteiger partial charge in [0.2, 0.25) is 0 Å². The number of carbonyl (C=O) groups is 1. The minimum absolute atomic E-state index is 0.233. The second-order valence-corrected chi connectivity index (χ2v) is 6.55. The van der Waals surface area contributed by atoms with Crippen LogP contribution in [0.3, 0.4) is 0 Å². The summed E-state index contributed by atoms with van der Waals surface area (Å²) in [7, 11) is 0. The van der Waals surface area contributed by atoms with E-state index in [0.717, 1.165) is 17.9 Å². The van der Waals surface area contributed by atoms with Crippen molar-refractivity contribution in [2.45, 2.75) is 11.3 Å². The largest absolute Gasteiger partial charge is 0.338 e. The number of carbonyl (C=O) groups excluding carboxylic acids is 1. The molecule has 0 aliphatic rings. The lowest BCUT2D eigenvalue weighted by Crippen LogP contribution is -2.30. The van der Waals surface area contributed by atoms with Crippen LogP contribution in [-0.4, -0.2) is 28.1 Å². The normalized spacial score (nSPS) is 10.4.